The molecule has 0 spiro atoms. The van der Waals surface area contributed by atoms with Crippen LogP contribution >= 0.6 is 0 Å². The molecule has 0 aromatic heterocycles. The molecule has 0 saturated heterocycles. The summed E-state index contributed by atoms with van der Waals surface area (Å²) < 4.78 is 4.83. The molecule has 0 unspecified atom stereocenters. The van der Waals surface area contributed by atoms with Crippen LogP contribution in [0, 0.1) is 5.41 Å². The summed E-state index contributed by atoms with van der Waals surface area (Å²) in [5.74, 6) is -0.267. The molecule has 0 aliphatic carbocycles. The Labute approximate surface area is 114 Å². The minimum Gasteiger partial charge on any atom is -0.465 e. The van der Waals surface area contributed by atoms with Gasteiger partial charge in [-0.15, -0.1) is 0 Å². The second kappa shape index (κ2) is 5.21. The average molecular weight is 262 g/mol. The standard InChI is InChI=1S/C15H22N2O2/c1-15(2,3)8-9-17-13-7-5-6-11(14(18)19-4)12(13)10-16-17/h5-7,16H,8-10H2,1-4H3. The summed E-state index contributed by atoms with van der Waals surface area (Å²) in [5.41, 5.74) is 6.41. The maximum atomic E-state index is 11.7. The Hall–Kier alpha value is -1.55. The molecule has 1 aliphatic heterocycles. The lowest BCUT2D eigenvalue weighted by Gasteiger charge is -2.25. The lowest BCUT2D eigenvalue weighted by Crippen LogP contribution is -2.34. The number of hydrazine groups is 1. The van der Waals surface area contributed by atoms with Crippen LogP contribution < -0.4 is 10.4 Å². The van der Waals surface area contributed by atoms with Crippen LogP contribution in [0.5, 0.6) is 0 Å². The van der Waals surface area contributed by atoms with Gasteiger partial charge in [0, 0.05) is 18.7 Å². The van der Waals surface area contributed by atoms with E-state index in [-0.39, 0.29) is 5.97 Å². The van der Waals surface area contributed by atoms with E-state index in [9.17, 15) is 4.79 Å². The number of esters is 1. The van der Waals surface area contributed by atoms with Crippen molar-refractivity contribution in [3.8, 4) is 0 Å². The first kappa shape index (κ1) is 13.9. The molecule has 0 amide bonds. The van der Waals surface area contributed by atoms with E-state index in [0.29, 0.717) is 17.5 Å². The number of methoxy groups -OCH3 is 1. The third kappa shape index (κ3) is 3.07. The van der Waals surface area contributed by atoms with Gasteiger partial charge in [0.1, 0.15) is 0 Å². The summed E-state index contributed by atoms with van der Waals surface area (Å²) in [5, 5.41) is 2.13. The van der Waals surface area contributed by atoms with Crippen molar-refractivity contribution in [3.63, 3.8) is 0 Å². The number of ether oxygens (including phenoxy) is 1. The molecule has 1 aliphatic rings. The zero-order chi connectivity index (χ0) is 14.0. The molecule has 4 nitrogen and oxygen atoms in total. The predicted molar refractivity (Wildman–Crippen MR) is 76.0 cm³/mol. The van der Waals surface area contributed by atoms with Crippen molar-refractivity contribution >= 4 is 11.7 Å². The molecule has 2 rings (SSSR count). The summed E-state index contributed by atoms with van der Waals surface area (Å²) in [6.45, 7) is 8.31. The van der Waals surface area contributed by atoms with Gasteiger partial charge >= 0.3 is 5.97 Å². The normalized spacial score (nSPS) is 14.4. The van der Waals surface area contributed by atoms with Crippen LogP contribution in [0.15, 0.2) is 18.2 Å². The maximum Gasteiger partial charge on any atom is 0.338 e. The predicted octanol–water partition coefficient (Wildman–Crippen LogP) is 2.73. The number of nitrogens with one attached hydrogen (secondary N) is 1. The van der Waals surface area contributed by atoms with Crippen LogP contribution in [0.3, 0.4) is 0 Å². The SMILES string of the molecule is COC(=O)c1cccc2c1CNN2CCC(C)(C)C. The van der Waals surface area contributed by atoms with Gasteiger partial charge < -0.3 is 9.75 Å². The van der Waals surface area contributed by atoms with E-state index < -0.39 is 0 Å². The van der Waals surface area contributed by atoms with Crippen LogP contribution in [-0.4, -0.2) is 19.6 Å². The molecule has 1 aromatic rings. The molecule has 0 fully saturated rings. The molecule has 0 atom stereocenters. The van der Waals surface area contributed by atoms with Gasteiger partial charge in [-0.1, -0.05) is 26.8 Å². The lowest BCUT2D eigenvalue weighted by atomic mass is 9.92. The van der Waals surface area contributed by atoms with Crippen molar-refractivity contribution in [2.24, 2.45) is 5.41 Å². The van der Waals surface area contributed by atoms with Crippen LogP contribution in [0.2, 0.25) is 0 Å². The molecular formula is C15H22N2O2. The smallest absolute Gasteiger partial charge is 0.338 e. The van der Waals surface area contributed by atoms with Gasteiger partial charge in [0.15, 0.2) is 0 Å². The third-order valence-electron chi connectivity index (χ3n) is 3.38. The molecule has 19 heavy (non-hydrogen) atoms. The highest BCUT2D eigenvalue weighted by Crippen LogP contribution is 2.30. The van der Waals surface area contributed by atoms with E-state index >= 15 is 0 Å². The van der Waals surface area contributed by atoms with Crippen molar-refractivity contribution in [1.82, 2.24) is 5.43 Å². The summed E-state index contributed by atoms with van der Waals surface area (Å²) in [4.78, 5) is 11.7. The first-order chi connectivity index (χ1) is 8.92. The Morgan fingerprint density at radius 3 is 2.79 bits per heavy atom. The van der Waals surface area contributed by atoms with Crippen LogP contribution in [0.25, 0.3) is 0 Å². The lowest BCUT2D eigenvalue weighted by molar-refractivity contribution is 0.0599. The number of fused-ring (bicyclic) bond motifs is 1. The van der Waals surface area contributed by atoms with Gasteiger partial charge in [-0.3, -0.25) is 0 Å². The van der Waals surface area contributed by atoms with Crippen LogP contribution in [0.4, 0.5) is 5.69 Å². The van der Waals surface area contributed by atoms with E-state index in [4.69, 9.17) is 4.74 Å². The number of nitrogens with zero attached hydrogens (tertiary/aromatic N) is 1. The molecule has 1 N–H and O–H groups in total. The van der Waals surface area contributed by atoms with E-state index in [1.54, 1.807) is 0 Å². The van der Waals surface area contributed by atoms with Gasteiger partial charge in [-0.2, -0.15) is 0 Å². The molecule has 1 heterocycles. The Balaban J connectivity index is 2.19. The van der Waals surface area contributed by atoms with Crippen LogP contribution in [-0.2, 0) is 11.3 Å². The Morgan fingerprint density at radius 1 is 1.42 bits per heavy atom. The molecule has 0 radical (unpaired) electrons. The number of hydrogen-bond acceptors (Lipinski definition) is 4. The number of hydrogen-bond donors (Lipinski definition) is 1. The quantitative estimate of drug-likeness (QED) is 0.850. The Morgan fingerprint density at radius 2 is 2.16 bits per heavy atom. The van der Waals surface area contributed by atoms with Gasteiger partial charge in [-0.25, -0.2) is 10.2 Å². The van der Waals surface area contributed by atoms with E-state index in [1.165, 1.54) is 7.11 Å². The van der Waals surface area contributed by atoms with Gasteiger partial charge in [-0.05, 0) is 24.0 Å². The number of carbonyl (C=O) groups is 1. The van der Waals surface area contributed by atoms with Gasteiger partial charge in [0.2, 0.25) is 0 Å². The molecule has 0 saturated carbocycles. The fourth-order valence-corrected chi connectivity index (χ4v) is 2.22. The number of anilines is 1. The zero-order valence-electron chi connectivity index (χ0n) is 12.1. The van der Waals surface area contributed by atoms with Crippen molar-refractivity contribution in [1.29, 1.82) is 0 Å². The Bertz CT molecular complexity index is 478. The Kier molecular flexibility index (Phi) is 3.80. The second-order valence-corrected chi connectivity index (χ2v) is 6.09. The second-order valence-electron chi connectivity index (χ2n) is 6.09. The van der Waals surface area contributed by atoms with E-state index in [2.05, 4.69) is 31.2 Å². The molecule has 0 bridgehead atoms. The van der Waals surface area contributed by atoms with Gasteiger partial charge in [0.05, 0.1) is 18.4 Å². The van der Waals surface area contributed by atoms with Crippen molar-refractivity contribution in [2.45, 2.75) is 33.7 Å². The first-order valence-electron chi connectivity index (χ1n) is 6.63. The summed E-state index contributed by atoms with van der Waals surface area (Å²) in [6, 6.07) is 5.77. The van der Waals surface area contributed by atoms with E-state index in [0.717, 1.165) is 24.2 Å². The minimum atomic E-state index is -0.267. The van der Waals surface area contributed by atoms with Crippen molar-refractivity contribution in [2.75, 3.05) is 18.7 Å². The molecular weight excluding hydrogens is 240 g/mol. The topological polar surface area (TPSA) is 41.6 Å². The third-order valence-corrected chi connectivity index (χ3v) is 3.38. The minimum absolute atomic E-state index is 0.267. The average Bonchev–Trinajstić information content (AvgIpc) is 2.77. The largest absolute Gasteiger partial charge is 0.465 e. The highest BCUT2D eigenvalue weighted by Gasteiger charge is 2.25. The number of benzene rings is 1. The highest BCUT2D eigenvalue weighted by atomic mass is 16.5. The van der Waals surface area contributed by atoms with Crippen LogP contribution in [0.1, 0.15) is 43.1 Å². The maximum absolute atomic E-state index is 11.7. The molecule has 104 valence electrons. The summed E-state index contributed by atoms with van der Waals surface area (Å²) in [7, 11) is 1.42. The number of rotatable bonds is 3. The zero-order valence-corrected chi connectivity index (χ0v) is 12.1. The molecule has 4 heteroatoms. The van der Waals surface area contributed by atoms with E-state index in [1.807, 2.05) is 18.2 Å². The summed E-state index contributed by atoms with van der Waals surface area (Å²) in [6.07, 6.45) is 1.09. The van der Waals surface area contributed by atoms with Gasteiger partial charge in [0.25, 0.3) is 0 Å². The number of carbonyl (C=O) groups excluding carboxylic acids is 1. The monoisotopic (exact) mass is 262 g/mol. The van der Waals surface area contributed by atoms with Crippen molar-refractivity contribution < 1.29 is 9.53 Å². The first-order valence-corrected chi connectivity index (χ1v) is 6.63. The fraction of sp³-hybridized carbons (Fsp3) is 0.533. The highest BCUT2D eigenvalue weighted by molar-refractivity contribution is 5.93. The van der Waals surface area contributed by atoms with Crippen molar-refractivity contribution in [3.05, 3.63) is 29.3 Å². The molecule has 1 aromatic carbocycles. The summed E-state index contributed by atoms with van der Waals surface area (Å²) >= 11 is 0. The fourth-order valence-electron chi connectivity index (χ4n) is 2.22.